The average Bonchev–Trinajstić information content (AvgIpc) is 3.33. The minimum Gasteiger partial charge on any atom is -0.503 e. The fraction of sp³-hybridized carbons (Fsp3) is 0.280. The lowest BCUT2D eigenvalue weighted by molar-refractivity contribution is -0.181. The van der Waals surface area contributed by atoms with Crippen molar-refractivity contribution in [2.45, 2.75) is 37.5 Å². The Labute approximate surface area is 254 Å². The second-order valence-electron chi connectivity index (χ2n) is 10.3. The van der Waals surface area contributed by atoms with E-state index < -0.39 is 128 Å². The van der Waals surface area contributed by atoms with Crippen LogP contribution in [0.5, 0.6) is 51.7 Å². The zero-order valence-corrected chi connectivity index (χ0v) is 23.2. The number of aliphatic hydroxyl groups is 4. The second kappa shape index (κ2) is 10.1. The van der Waals surface area contributed by atoms with Crippen molar-refractivity contribution in [3.63, 3.8) is 0 Å². The van der Waals surface area contributed by atoms with E-state index in [0.717, 1.165) is 7.11 Å². The highest BCUT2D eigenvalue weighted by atomic mass is 16.5. The minimum absolute atomic E-state index is 0.0438. The molecule has 0 saturated carbocycles. The number of ether oxygens (including phenoxy) is 1. The third-order valence-electron chi connectivity index (χ3n) is 7.44. The fourth-order valence-corrected chi connectivity index (χ4v) is 5.42. The Morgan fingerprint density at radius 2 is 1.24 bits per heavy atom. The Bertz CT molecular complexity index is 1810. The first-order valence-electron chi connectivity index (χ1n) is 12.8. The van der Waals surface area contributed by atoms with Gasteiger partial charge in [0.1, 0.15) is 17.1 Å². The Balaban J connectivity index is 1.79. The lowest BCUT2D eigenvalue weighted by Gasteiger charge is -2.41. The number of fused-ring (bicyclic) bond motifs is 1. The number of hydrogen-bond acceptors (Lipinski definition) is 17. The number of nitrogens with two attached hydrogens (primary N) is 1. The summed E-state index contributed by atoms with van der Waals surface area (Å²) < 4.78 is 4.95. The van der Waals surface area contributed by atoms with Gasteiger partial charge in [-0.25, -0.2) is 9.58 Å². The molecular weight excluding hydrogens is 626 g/mol. The third-order valence-corrected chi connectivity index (χ3v) is 7.44. The molecule has 3 heterocycles. The van der Waals surface area contributed by atoms with Gasteiger partial charge in [-0.2, -0.15) is 5.10 Å². The zero-order chi connectivity index (χ0) is 34.4. The minimum atomic E-state index is -3.58. The molecule has 21 heteroatoms. The number of benzene rings is 2. The highest BCUT2D eigenvalue weighted by Gasteiger charge is 2.52. The summed E-state index contributed by atoms with van der Waals surface area (Å²) in [6.07, 6.45) is -2.15. The lowest BCUT2D eigenvalue weighted by atomic mass is 9.97. The fourth-order valence-electron chi connectivity index (χ4n) is 5.42. The first-order chi connectivity index (χ1) is 21.3. The number of aromatic nitrogens is 2. The van der Waals surface area contributed by atoms with E-state index in [1.165, 1.54) is 0 Å². The van der Waals surface area contributed by atoms with Crippen molar-refractivity contribution >= 4 is 29.1 Å². The van der Waals surface area contributed by atoms with Gasteiger partial charge in [0.05, 0.1) is 13.5 Å². The molecule has 3 amide bonds. The Hall–Kier alpha value is -5.90. The molecule has 0 aliphatic carbocycles. The molecular formula is C25H25N5O16. The van der Waals surface area contributed by atoms with E-state index >= 15 is 0 Å². The van der Waals surface area contributed by atoms with Crippen molar-refractivity contribution in [3.8, 4) is 57.4 Å². The van der Waals surface area contributed by atoms with Crippen LogP contribution in [0.2, 0.25) is 0 Å². The lowest BCUT2D eigenvalue weighted by Crippen LogP contribution is -2.57. The van der Waals surface area contributed by atoms with E-state index in [2.05, 4.69) is 5.10 Å². The van der Waals surface area contributed by atoms with Gasteiger partial charge in [-0.3, -0.25) is 19.3 Å². The van der Waals surface area contributed by atoms with Gasteiger partial charge in [0.25, 0.3) is 23.6 Å². The first-order valence-corrected chi connectivity index (χ1v) is 12.8. The molecule has 21 nitrogen and oxygen atoms in total. The van der Waals surface area contributed by atoms with Crippen LogP contribution in [0, 0.1) is 0 Å². The van der Waals surface area contributed by atoms with E-state index in [-0.39, 0.29) is 27.3 Å². The topological polar surface area (TPSA) is 354 Å². The standard InChI is InChI=1S/C25H25N5O16/c1-46-21-19(38)17(36)12(18(37)20(21)39)30-9-6(8(27-30)22(26)40)5-25(44,45)29(23(9)41)11-15(34)13(32)10(14(33)16(11)35)28-7(31)3-2-4-24(28,42)43/h32-39,42-45H,2-5H2,1H3,(H2,26,40). The number of primary amides is 1. The Kier molecular flexibility index (Phi) is 6.90. The van der Waals surface area contributed by atoms with Gasteiger partial charge < -0.3 is 71.7 Å². The molecule has 3 aromatic rings. The summed E-state index contributed by atoms with van der Waals surface area (Å²) in [6.45, 7) is 0. The van der Waals surface area contributed by atoms with E-state index in [4.69, 9.17) is 10.5 Å². The predicted molar refractivity (Wildman–Crippen MR) is 145 cm³/mol. The number of phenols is 8. The van der Waals surface area contributed by atoms with Crippen LogP contribution in [0.25, 0.3) is 5.69 Å². The van der Waals surface area contributed by atoms with E-state index in [9.17, 15) is 75.7 Å². The monoisotopic (exact) mass is 651 g/mol. The molecule has 2 aromatic carbocycles. The number of rotatable bonds is 5. The Morgan fingerprint density at radius 3 is 1.70 bits per heavy atom. The number of aromatic hydroxyl groups is 8. The molecule has 0 unspecified atom stereocenters. The molecule has 1 aromatic heterocycles. The van der Waals surface area contributed by atoms with Gasteiger partial charge in [0.2, 0.25) is 23.2 Å². The van der Waals surface area contributed by atoms with Crippen LogP contribution in [-0.2, 0) is 11.2 Å². The SMILES string of the molecule is COc1c(O)c(O)c(-n2nc(C(N)=O)c3c2C(=O)N(c2c(O)c(O)c(N4C(=O)CCCC4(O)O)c(O)c2O)C(O)(O)C3)c(O)c1O. The van der Waals surface area contributed by atoms with Crippen molar-refractivity contribution in [1.82, 2.24) is 9.78 Å². The molecule has 2 aliphatic heterocycles. The van der Waals surface area contributed by atoms with Gasteiger partial charge >= 0.3 is 0 Å². The summed E-state index contributed by atoms with van der Waals surface area (Å²) in [4.78, 5) is 38.6. The molecule has 0 atom stereocenters. The van der Waals surface area contributed by atoms with Gasteiger partial charge in [-0.05, 0) is 6.42 Å². The predicted octanol–water partition coefficient (Wildman–Crippen LogP) is -2.38. The summed E-state index contributed by atoms with van der Waals surface area (Å²) in [7, 11) is 0.940. The largest absolute Gasteiger partial charge is 0.503 e. The molecule has 2 aliphatic rings. The molecule has 0 spiro atoms. The molecule has 246 valence electrons. The summed E-state index contributed by atoms with van der Waals surface area (Å²) in [5.74, 6) is -23.1. The molecule has 5 rings (SSSR count). The molecule has 0 bridgehead atoms. The molecule has 14 N–H and O–H groups in total. The maximum atomic E-state index is 14.0. The summed E-state index contributed by atoms with van der Waals surface area (Å²) >= 11 is 0. The normalized spacial score (nSPS) is 17.2. The number of piperidine rings is 1. The molecule has 0 radical (unpaired) electrons. The number of hydrogen-bond donors (Lipinski definition) is 13. The quantitative estimate of drug-likeness (QED) is 0.0778. The van der Waals surface area contributed by atoms with Crippen molar-refractivity contribution in [2.75, 3.05) is 16.9 Å². The van der Waals surface area contributed by atoms with Crippen LogP contribution in [0.15, 0.2) is 0 Å². The smallest absolute Gasteiger partial charge is 0.281 e. The number of amides is 3. The van der Waals surface area contributed by atoms with Crippen molar-refractivity contribution in [1.29, 1.82) is 0 Å². The van der Waals surface area contributed by atoms with Crippen LogP contribution in [0.3, 0.4) is 0 Å². The summed E-state index contributed by atoms with van der Waals surface area (Å²) in [5.41, 5.74) is -0.978. The van der Waals surface area contributed by atoms with E-state index in [0.29, 0.717) is 0 Å². The zero-order valence-electron chi connectivity index (χ0n) is 23.2. The molecule has 1 fully saturated rings. The highest BCUT2D eigenvalue weighted by molar-refractivity contribution is 6.13. The van der Waals surface area contributed by atoms with Crippen molar-refractivity contribution < 1.29 is 80.4 Å². The number of anilines is 2. The first kappa shape index (κ1) is 31.5. The second-order valence-corrected chi connectivity index (χ2v) is 10.3. The number of carbonyl (C=O) groups excluding carboxylic acids is 3. The van der Waals surface area contributed by atoms with Crippen LogP contribution in [-0.4, -0.2) is 108 Å². The summed E-state index contributed by atoms with van der Waals surface area (Å²) in [5, 5.41) is 132. The average molecular weight is 651 g/mol. The molecule has 46 heavy (non-hydrogen) atoms. The van der Waals surface area contributed by atoms with Crippen molar-refractivity contribution in [2.24, 2.45) is 5.73 Å². The third kappa shape index (κ3) is 4.17. The molecule has 1 saturated heterocycles. The Morgan fingerprint density at radius 1 is 0.761 bits per heavy atom. The maximum absolute atomic E-state index is 14.0. The van der Waals surface area contributed by atoms with Gasteiger partial charge in [-0.15, -0.1) is 0 Å². The maximum Gasteiger partial charge on any atom is 0.281 e. The number of carbonyl (C=O) groups is 3. The van der Waals surface area contributed by atoms with E-state index in [1.54, 1.807) is 0 Å². The van der Waals surface area contributed by atoms with Gasteiger partial charge in [-0.1, -0.05) is 0 Å². The summed E-state index contributed by atoms with van der Waals surface area (Å²) in [6, 6.07) is 0. The van der Waals surface area contributed by atoms with Gasteiger partial charge in [0, 0.05) is 18.4 Å². The van der Waals surface area contributed by atoms with Crippen LogP contribution >= 0.6 is 0 Å². The van der Waals surface area contributed by atoms with Crippen LogP contribution < -0.4 is 20.3 Å². The number of nitrogens with zero attached hydrogens (tertiary/aromatic N) is 4. The number of methoxy groups -OCH3 is 1. The van der Waals surface area contributed by atoms with Gasteiger partial charge in [0.15, 0.2) is 45.9 Å². The van der Waals surface area contributed by atoms with Crippen LogP contribution in [0.1, 0.15) is 45.8 Å². The van der Waals surface area contributed by atoms with Crippen molar-refractivity contribution in [3.05, 3.63) is 17.0 Å². The van der Waals surface area contributed by atoms with Crippen LogP contribution in [0.4, 0.5) is 11.4 Å². The highest BCUT2D eigenvalue weighted by Crippen LogP contribution is 2.59. The number of phenolic OH excluding ortho intramolecular Hbond substituents is 8. The van der Waals surface area contributed by atoms with E-state index in [1.807, 2.05) is 0 Å².